The zero-order chi connectivity index (χ0) is 21.9. The summed E-state index contributed by atoms with van der Waals surface area (Å²) in [6.07, 6.45) is 7.03. The Morgan fingerprint density at radius 1 is 1.16 bits per heavy atom. The van der Waals surface area contributed by atoms with E-state index in [0.29, 0.717) is 30.5 Å². The topological polar surface area (TPSA) is 41.6 Å². The van der Waals surface area contributed by atoms with Crippen LogP contribution in [0.4, 0.5) is 0 Å². The van der Waals surface area contributed by atoms with Crippen LogP contribution in [0.1, 0.15) is 49.3 Å². The van der Waals surface area contributed by atoms with Crippen molar-refractivity contribution in [2.75, 3.05) is 13.7 Å². The number of carbonyl (C=O) groups is 1. The molecule has 6 atom stereocenters. The molecule has 4 heteroatoms. The average Bonchev–Trinajstić information content (AvgIpc) is 3.28. The maximum absolute atomic E-state index is 12.4. The van der Waals surface area contributed by atoms with Gasteiger partial charge in [0.05, 0.1) is 7.11 Å². The molecule has 2 aromatic rings. The van der Waals surface area contributed by atoms with Gasteiger partial charge in [-0.2, -0.15) is 0 Å². The van der Waals surface area contributed by atoms with E-state index in [4.69, 9.17) is 4.74 Å². The zero-order valence-corrected chi connectivity index (χ0v) is 19.2. The summed E-state index contributed by atoms with van der Waals surface area (Å²) in [5, 5.41) is 3.91. The number of benzene rings is 2. The predicted octanol–water partition coefficient (Wildman–Crippen LogP) is 4.31. The highest BCUT2D eigenvalue weighted by atomic mass is 16.5. The van der Waals surface area contributed by atoms with E-state index < -0.39 is 0 Å². The van der Waals surface area contributed by atoms with Gasteiger partial charge in [0.25, 0.3) is 0 Å². The summed E-state index contributed by atoms with van der Waals surface area (Å²) in [5.41, 5.74) is 4.67. The third-order valence-electron chi connectivity index (χ3n) is 9.80. The lowest BCUT2D eigenvalue weighted by Crippen LogP contribution is -2.68. The number of rotatable bonds is 5. The maximum Gasteiger partial charge on any atom is 0.210 e. The fourth-order valence-corrected chi connectivity index (χ4v) is 8.68. The third kappa shape index (κ3) is 2.50. The third-order valence-corrected chi connectivity index (χ3v) is 9.80. The monoisotopic (exact) mass is 430 g/mol. The molecule has 3 aliphatic carbocycles. The van der Waals surface area contributed by atoms with Crippen LogP contribution >= 0.6 is 0 Å². The SMILES string of the molecule is COc1ccc2c(c1)C13C(CNC(C)C14CCC(N(C=O)Cc1ccccc1)C3CC4)C2. The molecule has 2 bridgehead atoms. The Morgan fingerprint density at radius 3 is 2.75 bits per heavy atom. The minimum absolute atomic E-state index is 0.141. The molecule has 1 amide bonds. The number of piperidine rings is 1. The molecule has 6 unspecified atom stereocenters. The molecule has 1 saturated heterocycles. The molecule has 2 saturated carbocycles. The molecule has 4 nitrogen and oxygen atoms in total. The maximum atomic E-state index is 12.4. The van der Waals surface area contributed by atoms with Gasteiger partial charge >= 0.3 is 0 Å². The summed E-state index contributed by atoms with van der Waals surface area (Å²) in [6, 6.07) is 18.1. The molecular formula is C28H34N2O2. The molecule has 168 valence electrons. The number of amides is 1. The van der Waals surface area contributed by atoms with Gasteiger partial charge < -0.3 is 15.0 Å². The van der Waals surface area contributed by atoms with Gasteiger partial charge in [0.1, 0.15) is 5.75 Å². The lowest BCUT2D eigenvalue weighted by molar-refractivity contribution is -0.128. The van der Waals surface area contributed by atoms with E-state index in [-0.39, 0.29) is 10.8 Å². The van der Waals surface area contributed by atoms with Crippen molar-refractivity contribution in [1.82, 2.24) is 10.2 Å². The van der Waals surface area contributed by atoms with Gasteiger partial charge in [0.2, 0.25) is 6.41 Å². The lowest BCUT2D eigenvalue weighted by Gasteiger charge is -2.62. The van der Waals surface area contributed by atoms with Crippen LogP contribution in [0.5, 0.6) is 5.75 Å². The van der Waals surface area contributed by atoms with Crippen LogP contribution in [0.3, 0.4) is 0 Å². The van der Waals surface area contributed by atoms with Crippen LogP contribution < -0.4 is 10.1 Å². The molecule has 1 N–H and O–H groups in total. The van der Waals surface area contributed by atoms with Crippen LogP contribution in [0.2, 0.25) is 0 Å². The highest BCUT2D eigenvalue weighted by molar-refractivity contribution is 5.53. The van der Waals surface area contributed by atoms with Gasteiger partial charge in [-0.25, -0.2) is 0 Å². The Hall–Kier alpha value is -2.33. The molecule has 2 aromatic carbocycles. The second kappa shape index (κ2) is 7.34. The summed E-state index contributed by atoms with van der Waals surface area (Å²) in [5.74, 6) is 2.08. The molecule has 3 fully saturated rings. The van der Waals surface area contributed by atoms with E-state index in [2.05, 4.69) is 59.6 Å². The quantitative estimate of drug-likeness (QED) is 0.719. The van der Waals surface area contributed by atoms with Crippen molar-refractivity contribution in [2.45, 2.75) is 63.1 Å². The number of fused-ring (bicyclic) bond motifs is 1. The number of carbonyl (C=O) groups excluding carboxylic acids is 1. The number of nitrogens with one attached hydrogen (secondary N) is 1. The van der Waals surface area contributed by atoms with Crippen LogP contribution in [0.15, 0.2) is 48.5 Å². The van der Waals surface area contributed by atoms with Crippen molar-refractivity contribution < 1.29 is 9.53 Å². The zero-order valence-electron chi connectivity index (χ0n) is 19.2. The summed E-state index contributed by atoms with van der Waals surface area (Å²) < 4.78 is 5.70. The molecule has 0 aromatic heterocycles. The first-order valence-corrected chi connectivity index (χ1v) is 12.3. The van der Waals surface area contributed by atoms with Crippen molar-refractivity contribution in [3.63, 3.8) is 0 Å². The Balaban J connectivity index is 1.47. The molecule has 6 rings (SSSR count). The molecule has 4 aliphatic rings. The predicted molar refractivity (Wildman–Crippen MR) is 126 cm³/mol. The van der Waals surface area contributed by atoms with E-state index in [1.54, 1.807) is 7.11 Å². The second-order valence-corrected chi connectivity index (χ2v) is 10.6. The first-order valence-electron chi connectivity index (χ1n) is 12.3. The number of hydrogen-bond acceptors (Lipinski definition) is 3. The van der Waals surface area contributed by atoms with Crippen molar-refractivity contribution in [2.24, 2.45) is 17.3 Å². The van der Waals surface area contributed by atoms with E-state index >= 15 is 0 Å². The van der Waals surface area contributed by atoms with Crippen LogP contribution in [0, 0.1) is 17.3 Å². The van der Waals surface area contributed by atoms with Gasteiger partial charge in [-0.1, -0.05) is 36.4 Å². The van der Waals surface area contributed by atoms with Gasteiger partial charge in [-0.15, -0.1) is 0 Å². The largest absolute Gasteiger partial charge is 0.497 e. The Labute approximate surface area is 191 Å². The number of hydrogen-bond donors (Lipinski definition) is 1. The van der Waals surface area contributed by atoms with Crippen molar-refractivity contribution in [3.05, 3.63) is 65.2 Å². The van der Waals surface area contributed by atoms with Gasteiger partial charge in [-0.05, 0) is 91.6 Å². The van der Waals surface area contributed by atoms with Crippen molar-refractivity contribution in [3.8, 4) is 5.75 Å². The van der Waals surface area contributed by atoms with Gasteiger partial charge in [0.15, 0.2) is 0 Å². The Morgan fingerprint density at radius 2 is 1.97 bits per heavy atom. The standard InChI is InChI=1S/C28H34N2O2/c1-19-27-12-10-24(26(11-13-27)30(18-31)17-20-6-4-3-5-7-20)28(27)22(16-29-19)14-21-8-9-23(32-2)15-25(21)28/h3-9,15,18-19,22,24,26,29H,10-14,16-17H2,1-2H3. The Kier molecular flexibility index (Phi) is 4.66. The summed E-state index contributed by atoms with van der Waals surface area (Å²) >= 11 is 0. The van der Waals surface area contributed by atoms with Crippen LogP contribution in [-0.4, -0.2) is 37.0 Å². The molecule has 1 spiro atoms. The van der Waals surface area contributed by atoms with E-state index in [1.165, 1.54) is 36.0 Å². The van der Waals surface area contributed by atoms with Gasteiger partial charge in [0, 0.05) is 24.0 Å². The van der Waals surface area contributed by atoms with Gasteiger partial charge in [-0.3, -0.25) is 4.79 Å². The minimum atomic E-state index is 0.141. The number of ether oxygens (including phenoxy) is 1. The first kappa shape index (κ1) is 20.3. The minimum Gasteiger partial charge on any atom is -0.497 e. The second-order valence-electron chi connectivity index (χ2n) is 10.6. The smallest absolute Gasteiger partial charge is 0.210 e. The van der Waals surface area contributed by atoms with Crippen LogP contribution in [0.25, 0.3) is 0 Å². The van der Waals surface area contributed by atoms with E-state index in [1.807, 2.05) is 6.07 Å². The number of methoxy groups -OCH3 is 1. The van der Waals surface area contributed by atoms with Crippen molar-refractivity contribution in [1.29, 1.82) is 0 Å². The molecule has 32 heavy (non-hydrogen) atoms. The normalized spacial score (nSPS) is 36.7. The molecule has 1 heterocycles. The number of nitrogens with zero attached hydrogens (tertiary/aromatic N) is 1. The highest BCUT2D eigenvalue weighted by Crippen LogP contribution is 2.73. The van der Waals surface area contributed by atoms with Crippen molar-refractivity contribution >= 4 is 6.41 Å². The van der Waals surface area contributed by atoms with E-state index in [9.17, 15) is 4.79 Å². The highest BCUT2D eigenvalue weighted by Gasteiger charge is 2.72. The summed E-state index contributed by atoms with van der Waals surface area (Å²) in [4.78, 5) is 14.6. The fourth-order valence-electron chi connectivity index (χ4n) is 8.68. The van der Waals surface area contributed by atoms with E-state index in [0.717, 1.165) is 31.5 Å². The molecule has 1 aliphatic heterocycles. The average molecular weight is 431 g/mol. The lowest BCUT2D eigenvalue weighted by atomic mass is 9.46. The first-order chi connectivity index (χ1) is 15.6. The van der Waals surface area contributed by atoms with Crippen LogP contribution in [-0.2, 0) is 23.2 Å². The molecule has 0 radical (unpaired) electrons. The Bertz CT molecular complexity index is 1020. The summed E-state index contributed by atoms with van der Waals surface area (Å²) in [6.45, 7) is 4.20. The fraction of sp³-hybridized carbons (Fsp3) is 0.536. The summed E-state index contributed by atoms with van der Waals surface area (Å²) in [7, 11) is 1.78. The molecular weight excluding hydrogens is 396 g/mol.